The summed E-state index contributed by atoms with van der Waals surface area (Å²) >= 11 is 86.3. The Bertz CT molecular complexity index is 763. The number of alkyl halides is 14. The molecule has 0 unspecified atom stereocenters. The Morgan fingerprint density at radius 2 is 1.06 bits per heavy atom. The minimum Gasteiger partial charge on any atom is -0.396 e. The molecule has 0 fully saturated rings. The molecular formula is C16H12Cl14O. The Hall–Kier alpha value is 3.24. The van der Waals surface area contributed by atoms with Crippen molar-refractivity contribution in [1.29, 1.82) is 0 Å². The molecule has 1 nitrogen and oxygen atoms in total. The smallest absolute Gasteiger partial charge is 0.226 e. The molecule has 0 aromatic heterocycles. The fourth-order valence-electron chi connectivity index (χ4n) is 2.42. The van der Waals surface area contributed by atoms with Crippen LogP contribution in [0.3, 0.4) is 0 Å². The summed E-state index contributed by atoms with van der Waals surface area (Å²) in [6, 6.07) is 4.35. The molecular weight excluding hydrogens is 705 g/mol. The Morgan fingerprint density at radius 3 is 1.48 bits per heavy atom. The fourth-order valence-corrected chi connectivity index (χ4v) is 5.42. The van der Waals surface area contributed by atoms with Crippen molar-refractivity contribution in [3.63, 3.8) is 0 Å². The van der Waals surface area contributed by atoms with E-state index in [1.165, 1.54) is 12.1 Å². The van der Waals surface area contributed by atoms with Gasteiger partial charge in [0, 0.05) is 6.61 Å². The van der Waals surface area contributed by atoms with Gasteiger partial charge in [-0.15, -0.1) is 0 Å². The van der Waals surface area contributed by atoms with E-state index < -0.39 is 24.9 Å². The summed E-state index contributed by atoms with van der Waals surface area (Å²) in [5.74, 6) is 0. The van der Waals surface area contributed by atoms with Crippen molar-refractivity contribution in [2.45, 2.75) is 44.2 Å². The van der Waals surface area contributed by atoms with Crippen LogP contribution in [0, 0.1) is 0 Å². The van der Waals surface area contributed by atoms with Gasteiger partial charge < -0.3 is 5.11 Å². The predicted molar refractivity (Wildman–Crippen MR) is 143 cm³/mol. The van der Waals surface area contributed by atoms with Gasteiger partial charge in [0.25, 0.3) is 0 Å². The lowest BCUT2D eigenvalue weighted by molar-refractivity contribution is 0.284. The average Bonchev–Trinajstić information content (AvgIpc) is 2.59. The molecule has 0 heterocycles. The van der Waals surface area contributed by atoms with Crippen LogP contribution in [-0.4, -0.2) is 28.0 Å². The minimum absolute atomic E-state index is 0.0276. The number of hydrogen-bond donors (Lipinski definition) is 1. The van der Waals surface area contributed by atoms with Crippen molar-refractivity contribution in [2.75, 3.05) is 6.61 Å². The standard InChI is InChI=1S/C16H12Cl14O/c17-11(18,13(21,22)15(25,26)27)9-5-4-8(3-1-2-6-31)10(7-9)12(19,20)14(23,24)16(28,29)30/h4-5,7,31H,1-3,6H2. The van der Waals surface area contributed by atoms with E-state index in [9.17, 15) is 0 Å². The first kappa shape index (κ1) is 32.3. The molecule has 1 aromatic carbocycles. The third kappa shape index (κ3) is 6.77. The molecule has 0 bridgehead atoms. The monoisotopic (exact) mass is 710 g/mol. The number of aliphatic hydroxyl groups is 1. The SMILES string of the molecule is OCCCCc1ccc(C(Cl)(Cl)C(Cl)(Cl)C(Cl)(Cl)Cl)cc1C(Cl)(Cl)C(Cl)(Cl)C(Cl)(Cl)Cl. The molecule has 15 heteroatoms. The van der Waals surface area contributed by atoms with Gasteiger partial charge in [0.2, 0.25) is 16.3 Å². The summed E-state index contributed by atoms with van der Waals surface area (Å²) in [4.78, 5) is 0. The van der Waals surface area contributed by atoms with E-state index in [0.717, 1.165) is 0 Å². The third-order valence-corrected chi connectivity index (χ3v) is 12.0. The maximum Gasteiger partial charge on any atom is 0.226 e. The number of unbranched alkanes of at least 4 members (excludes halogenated alkanes) is 1. The Kier molecular flexibility index (Phi) is 11.8. The van der Waals surface area contributed by atoms with Gasteiger partial charge in [-0.05, 0) is 42.0 Å². The van der Waals surface area contributed by atoms with Gasteiger partial charge in [0.15, 0.2) is 8.67 Å². The van der Waals surface area contributed by atoms with E-state index in [4.69, 9.17) is 168 Å². The predicted octanol–water partition coefficient (Wildman–Crippen LogP) is 10.4. The third-order valence-electron chi connectivity index (χ3n) is 4.17. The molecule has 0 saturated heterocycles. The van der Waals surface area contributed by atoms with Crippen LogP contribution in [0.15, 0.2) is 18.2 Å². The van der Waals surface area contributed by atoms with Gasteiger partial charge in [-0.2, -0.15) is 0 Å². The molecule has 31 heavy (non-hydrogen) atoms. The number of rotatable bonds is 8. The highest BCUT2D eigenvalue weighted by atomic mass is 35.6. The number of aryl methyl sites for hydroxylation is 1. The van der Waals surface area contributed by atoms with Gasteiger partial charge in [-0.3, -0.25) is 0 Å². The van der Waals surface area contributed by atoms with E-state index in [2.05, 4.69) is 0 Å². The number of aliphatic hydroxyl groups excluding tert-OH is 1. The second-order valence-corrected chi connectivity index (χ2v) is 16.2. The molecule has 180 valence electrons. The molecule has 1 rings (SSSR count). The van der Waals surface area contributed by atoms with E-state index >= 15 is 0 Å². The molecule has 0 atom stereocenters. The minimum atomic E-state index is -2.35. The van der Waals surface area contributed by atoms with Crippen molar-refractivity contribution < 1.29 is 5.11 Å². The van der Waals surface area contributed by atoms with Crippen molar-refractivity contribution >= 4 is 162 Å². The lowest BCUT2D eigenvalue weighted by atomic mass is 9.93. The van der Waals surface area contributed by atoms with Crippen molar-refractivity contribution in [2.24, 2.45) is 0 Å². The van der Waals surface area contributed by atoms with E-state index in [-0.39, 0.29) is 17.7 Å². The second-order valence-electron chi connectivity index (χ2n) is 6.35. The zero-order valence-corrected chi connectivity index (χ0v) is 25.4. The zero-order valence-electron chi connectivity index (χ0n) is 14.8. The molecule has 0 aliphatic rings. The van der Waals surface area contributed by atoms with Crippen LogP contribution in [0.1, 0.15) is 29.5 Å². The average molecular weight is 717 g/mol. The molecule has 0 saturated carbocycles. The molecule has 0 spiro atoms. The van der Waals surface area contributed by atoms with Crippen LogP contribution in [0.4, 0.5) is 0 Å². The first-order valence-electron chi connectivity index (χ1n) is 8.05. The molecule has 1 N–H and O–H groups in total. The summed E-state index contributed by atoms with van der Waals surface area (Å²) < 4.78 is -13.7. The summed E-state index contributed by atoms with van der Waals surface area (Å²) in [7, 11) is 0. The van der Waals surface area contributed by atoms with Crippen LogP contribution in [0.25, 0.3) is 0 Å². The summed E-state index contributed by atoms with van der Waals surface area (Å²) in [5, 5.41) is 9.08. The quantitative estimate of drug-likeness (QED) is 0.210. The Morgan fingerprint density at radius 1 is 0.613 bits per heavy atom. The van der Waals surface area contributed by atoms with Crippen LogP contribution in [0.2, 0.25) is 0 Å². The highest BCUT2D eigenvalue weighted by Crippen LogP contribution is 2.63. The fraction of sp³-hybridized carbons (Fsp3) is 0.625. The van der Waals surface area contributed by atoms with Crippen LogP contribution in [0.5, 0.6) is 0 Å². The van der Waals surface area contributed by atoms with Gasteiger partial charge in [0.1, 0.15) is 0 Å². The second kappa shape index (κ2) is 11.3. The first-order chi connectivity index (χ1) is 13.7. The lowest BCUT2D eigenvalue weighted by Gasteiger charge is -2.41. The maximum absolute atomic E-state index is 9.08. The Balaban J connectivity index is 3.75. The first-order valence-corrected chi connectivity index (χ1v) is 13.3. The van der Waals surface area contributed by atoms with Crippen LogP contribution >= 0.6 is 162 Å². The molecule has 0 radical (unpaired) electrons. The summed E-state index contributed by atoms with van der Waals surface area (Å²) in [6.45, 7) is -0.0276. The normalized spacial score (nSPS) is 14.8. The van der Waals surface area contributed by atoms with Gasteiger partial charge in [-0.25, -0.2) is 0 Å². The summed E-state index contributed by atoms with van der Waals surface area (Å²) in [5.41, 5.74) is 0.656. The Labute approximate surface area is 250 Å². The largest absolute Gasteiger partial charge is 0.396 e. The van der Waals surface area contributed by atoms with Crippen LogP contribution < -0.4 is 0 Å². The number of halogens is 14. The van der Waals surface area contributed by atoms with Crippen molar-refractivity contribution in [1.82, 2.24) is 0 Å². The van der Waals surface area contributed by atoms with Gasteiger partial charge >= 0.3 is 0 Å². The van der Waals surface area contributed by atoms with Crippen LogP contribution in [-0.2, 0) is 15.1 Å². The van der Waals surface area contributed by atoms with Crippen molar-refractivity contribution in [3.8, 4) is 0 Å². The molecule has 0 amide bonds. The lowest BCUT2D eigenvalue weighted by Crippen LogP contribution is -2.46. The molecule has 0 aliphatic carbocycles. The van der Waals surface area contributed by atoms with Crippen molar-refractivity contribution in [3.05, 3.63) is 34.9 Å². The highest BCUT2D eigenvalue weighted by molar-refractivity contribution is 6.79. The molecule has 0 aliphatic heterocycles. The summed E-state index contributed by atoms with van der Waals surface area (Å²) in [6.07, 6.45) is 1.43. The van der Waals surface area contributed by atoms with E-state index in [0.29, 0.717) is 24.8 Å². The van der Waals surface area contributed by atoms with Gasteiger partial charge in [0.05, 0.1) is 0 Å². The van der Waals surface area contributed by atoms with E-state index in [1.807, 2.05) is 0 Å². The van der Waals surface area contributed by atoms with Gasteiger partial charge in [-0.1, -0.05) is 175 Å². The molecule has 1 aromatic rings. The number of benzene rings is 1. The maximum atomic E-state index is 9.08. The van der Waals surface area contributed by atoms with E-state index in [1.54, 1.807) is 6.07 Å². The highest BCUT2D eigenvalue weighted by Gasteiger charge is 2.63. The zero-order chi connectivity index (χ0) is 24.7. The topological polar surface area (TPSA) is 20.2 Å². The number of hydrogen-bond acceptors (Lipinski definition) is 1.